The van der Waals surface area contributed by atoms with Crippen LogP contribution < -0.4 is 5.32 Å². The first-order valence-electron chi connectivity index (χ1n) is 7.52. The maximum atomic E-state index is 4.72. The van der Waals surface area contributed by atoms with Crippen LogP contribution in [0.1, 0.15) is 50.5 Å². The van der Waals surface area contributed by atoms with Gasteiger partial charge in [0.25, 0.3) is 0 Å². The number of rotatable bonds is 3. The Morgan fingerprint density at radius 1 is 1.32 bits per heavy atom. The van der Waals surface area contributed by atoms with E-state index in [4.69, 9.17) is 4.98 Å². The molecular formula is C15H24N4. The highest BCUT2D eigenvalue weighted by molar-refractivity contribution is 5.06. The van der Waals surface area contributed by atoms with Gasteiger partial charge in [-0.3, -0.25) is 4.90 Å². The van der Waals surface area contributed by atoms with E-state index in [-0.39, 0.29) is 0 Å². The van der Waals surface area contributed by atoms with Crippen molar-refractivity contribution in [3.05, 3.63) is 23.8 Å². The molecule has 104 valence electrons. The molecule has 2 saturated heterocycles. The summed E-state index contributed by atoms with van der Waals surface area (Å²) >= 11 is 0. The van der Waals surface area contributed by atoms with Gasteiger partial charge in [0.2, 0.25) is 0 Å². The Hall–Kier alpha value is -1.00. The highest BCUT2D eigenvalue weighted by atomic mass is 15.2. The molecule has 0 unspecified atom stereocenters. The molecule has 2 aliphatic rings. The molecule has 0 amide bonds. The molecule has 1 aromatic rings. The molecule has 2 fully saturated rings. The van der Waals surface area contributed by atoms with Crippen LogP contribution in [-0.2, 0) is 6.54 Å². The Labute approximate surface area is 115 Å². The van der Waals surface area contributed by atoms with Gasteiger partial charge in [0, 0.05) is 37.3 Å². The lowest BCUT2D eigenvalue weighted by Gasteiger charge is -2.27. The second-order valence-electron chi connectivity index (χ2n) is 6.11. The van der Waals surface area contributed by atoms with E-state index in [2.05, 4.69) is 35.1 Å². The van der Waals surface area contributed by atoms with Crippen LogP contribution in [0.25, 0.3) is 0 Å². The summed E-state index contributed by atoms with van der Waals surface area (Å²) in [4.78, 5) is 11.7. The standard InChI is InChI=1S/C15H24N4/c1-11(2)15-17-8-5-12(18-15)10-19-13-3-4-14(19)9-16-7-6-13/h5,8,11,13-14,16H,3-4,6-7,9-10H2,1-2H3/t13-,14+/m0/s1. The third kappa shape index (κ3) is 2.79. The van der Waals surface area contributed by atoms with Gasteiger partial charge in [-0.15, -0.1) is 0 Å². The molecular weight excluding hydrogens is 236 g/mol. The van der Waals surface area contributed by atoms with Gasteiger partial charge in [-0.2, -0.15) is 0 Å². The average Bonchev–Trinajstić information content (AvgIpc) is 2.63. The fraction of sp³-hybridized carbons (Fsp3) is 0.733. The lowest BCUT2D eigenvalue weighted by atomic mass is 10.1. The van der Waals surface area contributed by atoms with Crippen molar-refractivity contribution in [3.8, 4) is 0 Å². The number of nitrogens with zero attached hydrogens (tertiary/aromatic N) is 3. The maximum absolute atomic E-state index is 4.72. The Morgan fingerprint density at radius 3 is 3.00 bits per heavy atom. The van der Waals surface area contributed by atoms with E-state index in [9.17, 15) is 0 Å². The van der Waals surface area contributed by atoms with Crippen molar-refractivity contribution in [2.45, 2.75) is 57.7 Å². The van der Waals surface area contributed by atoms with Crippen LogP contribution in [0.5, 0.6) is 0 Å². The highest BCUT2D eigenvalue weighted by Crippen LogP contribution is 2.29. The van der Waals surface area contributed by atoms with Crippen LogP contribution in [0.4, 0.5) is 0 Å². The third-order valence-electron chi connectivity index (χ3n) is 4.40. The second-order valence-corrected chi connectivity index (χ2v) is 6.11. The quantitative estimate of drug-likeness (QED) is 0.901. The van der Waals surface area contributed by atoms with Crippen molar-refractivity contribution in [3.63, 3.8) is 0 Å². The molecule has 0 aliphatic carbocycles. The molecule has 2 aliphatic heterocycles. The normalized spacial score (nSPS) is 27.7. The lowest BCUT2D eigenvalue weighted by Crippen LogP contribution is -2.37. The van der Waals surface area contributed by atoms with Crippen LogP contribution in [0.2, 0.25) is 0 Å². The zero-order chi connectivity index (χ0) is 13.2. The van der Waals surface area contributed by atoms with Crippen LogP contribution in [0.15, 0.2) is 12.3 Å². The predicted molar refractivity (Wildman–Crippen MR) is 76.0 cm³/mol. The lowest BCUT2D eigenvalue weighted by molar-refractivity contribution is 0.191. The van der Waals surface area contributed by atoms with Crippen molar-refractivity contribution in [1.29, 1.82) is 0 Å². The molecule has 19 heavy (non-hydrogen) atoms. The topological polar surface area (TPSA) is 41.1 Å². The summed E-state index contributed by atoms with van der Waals surface area (Å²) in [7, 11) is 0. The van der Waals surface area contributed by atoms with Gasteiger partial charge in [-0.1, -0.05) is 13.8 Å². The van der Waals surface area contributed by atoms with Gasteiger partial charge < -0.3 is 5.32 Å². The van der Waals surface area contributed by atoms with E-state index < -0.39 is 0 Å². The molecule has 3 rings (SSSR count). The summed E-state index contributed by atoms with van der Waals surface area (Å²) in [5.74, 6) is 1.38. The highest BCUT2D eigenvalue weighted by Gasteiger charge is 2.34. The van der Waals surface area contributed by atoms with E-state index in [0.29, 0.717) is 12.0 Å². The second kappa shape index (κ2) is 5.55. The number of aromatic nitrogens is 2. The summed E-state index contributed by atoms with van der Waals surface area (Å²) in [6, 6.07) is 3.52. The van der Waals surface area contributed by atoms with Gasteiger partial charge in [0.1, 0.15) is 5.82 Å². The summed E-state index contributed by atoms with van der Waals surface area (Å²) < 4.78 is 0. The van der Waals surface area contributed by atoms with Crippen molar-refractivity contribution < 1.29 is 0 Å². The average molecular weight is 260 g/mol. The Kier molecular flexibility index (Phi) is 3.80. The zero-order valence-corrected chi connectivity index (χ0v) is 12.0. The minimum atomic E-state index is 0.405. The maximum Gasteiger partial charge on any atom is 0.131 e. The molecule has 0 radical (unpaired) electrons. The van der Waals surface area contributed by atoms with E-state index in [0.717, 1.165) is 25.0 Å². The van der Waals surface area contributed by atoms with Crippen molar-refractivity contribution in [1.82, 2.24) is 20.2 Å². The van der Waals surface area contributed by atoms with Crippen LogP contribution in [-0.4, -0.2) is 40.0 Å². The smallest absolute Gasteiger partial charge is 0.131 e. The molecule has 2 atom stereocenters. The minimum Gasteiger partial charge on any atom is -0.315 e. The molecule has 0 spiro atoms. The van der Waals surface area contributed by atoms with Gasteiger partial charge >= 0.3 is 0 Å². The molecule has 3 heterocycles. The van der Waals surface area contributed by atoms with Gasteiger partial charge in [0.15, 0.2) is 0 Å². The van der Waals surface area contributed by atoms with E-state index in [1.807, 2.05) is 6.20 Å². The first-order valence-corrected chi connectivity index (χ1v) is 7.52. The monoisotopic (exact) mass is 260 g/mol. The first kappa shape index (κ1) is 13.0. The first-order chi connectivity index (χ1) is 9.24. The molecule has 1 aromatic heterocycles. The Balaban J connectivity index is 1.75. The van der Waals surface area contributed by atoms with Crippen LogP contribution in [0.3, 0.4) is 0 Å². The Morgan fingerprint density at radius 2 is 2.16 bits per heavy atom. The van der Waals surface area contributed by atoms with Crippen molar-refractivity contribution in [2.24, 2.45) is 0 Å². The number of fused-ring (bicyclic) bond motifs is 2. The van der Waals surface area contributed by atoms with E-state index >= 15 is 0 Å². The number of nitrogens with one attached hydrogen (secondary N) is 1. The van der Waals surface area contributed by atoms with Crippen LogP contribution >= 0.6 is 0 Å². The molecule has 4 heteroatoms. The van der Waals surface area contributed by atoms with Crippen molar-refractivity contribution in [2.75, 3.05) is 13.1 Å². The Bertz CT molecular complexity index is 418. The number of hydrogen-bond donors (Lipinski definition) is 1. The van der Waals surface area contributed by atoms with Gasteiger partial charge in [-0.05, 0) is 31.9 Å². The predicted octanol–water partition coefficient (Wildman–Crippen LogP) is 1.93. The molecule has 0 saturated carbocycles. The van der Waals surface area contributed by atoms with E-state index in [1.165, 1.54) is 31.5 Å². The third-order valence-corrected chi connectivity index (χ3v) is 4.40. The summed E-state index contributed by atoms with van der Waals surface area (Å²) in [5.41, 5.74) is 1.18. The van der Waals surface area contributed by atoms with E-state index in [1.54, 1.807) is 0 Å². The fourth-order valence-electron chi connectivity index (χ4n) is 3.31. The number of hydrogen-bond acceptors (Lipinski definition) is 4. The zero-order valence-electron chi connectivity index (χ0n) is 12.0. The summed E-state index contributed by atoms with van der Waals surface area (Å²) in [6.45, 7) is 7.59. The fourth-order valence-corrected chi connectivity index (χ4v) is 3.31. The largest absolute Gasteiger partial charge is 0.315 e. The van der Waals surface area contributed by atoms with Crippen LogP contribution in [0, 0.1) is 0 Å². The summed E-state index contributed by atoms with van der Waals surface area (Å²) in [6.07, 6.45) is 5.88. The minimum absolute atomic E-state index is 0.405. The SMILES string of the molecule is CC(C)c1nccc(CN2[C@@H]3CCNC[C@H]2CC3)n1. The molecule has 2 bridgehead atoms. The molecule has 0 aromatic carbocycles. The molecule has 4 nitrogen and oxygen atoms in total. The van der Waals surface area contributed by atoms with Crippen molar-refractivity contribution >= 4 is 0 Å². The summed E-state index contributed by atoms with van der Waals surface area (Å²) in [5, 5.41) is 3.55. The van der Waals surface area contributed by atoms with Gasteiger partial charge in [0.05, 0.1) is 5.69 Å². The van der Waals surface area contributed by atoms with Gasteiger partial charge in [-0.25, -0.2) is 9.97 Å². The molecule has 1 N–H and O–H groups in total.